The summed E-state index contributed by atoms with van der Waals surface area (Å²) in [4.78, 5) is 25.1. The third-order valence-corrected chi connectivity index (χ3v) is 5.40. The minimum Gasteiger partial charge on any atom is -0.367 e. The fourth-order valence-corrected chi connectivity index (χ4v) is 3.81. The number of hydrogen-bond acceptors (Lipinski definition) is 6. The lowest BCUT2D eigenvalue weighted by molar-refractivity contribution is -0.129. The Labute approximate surface area is 162 Å². The van der Waals surface area contributed by atoms with Crippen molar-refractivity contribution >= 4 is 28.1 Å². The first-order valence-electron chi connectivity index (χ1n) is 8.97. The highest BCUT2D eigenvalue weighted by atomic mass is 32.1. The summed E-state index contributed by atoms with van der Waals surface area (Å²) >= 11 is 1.50. The molecule has 1 N–H and O–H groups in total. The Kier molecular flexibility index (Phi) is 5.29. The lowest BCUT2D eigenvalue weighted by atomic mass is 10.0. The Bertz CT molecular complexity index is 876. The predicted octanol–water partition coefficient (Wildman–Crippen LogP) is 2.97. The molecule has 1 saturated heterocycles. The molecule has 0 bridgehead atoms. The summed E-state index contributed by atoms with van der Waals surface area (Å²) in [5.41, 5.74) is 3.48. The number of piperazine rings is 1. The summed E-state index contributed by atoms with van der Waals surface area (Å²) in [6.07, 6.45) is 5.41. The van der Waals surface area contributed by atoms with Crippen LogP contribution in [0.3, 0.4) is 0 Å². The zero-order valence-electron chi connectivity index (χ0n) is 14.9. The standard InChI is InChI=1S/C20H21N5OS/c26-19(15-23-20-22-8-13-27-20)25-11-9-24(10-12-25)18-6-2-1-5-17(18)16-4-3-7-21-14-16/h1-8,13-14H,9-12,15H2,(H,22,23). The first-order chi connectivity index (χ1) is 13.3. The Morgan fingerprint density at radius 3 is 2.67 bits per heavy atom. The van der Waals surface area contributed by atoms with Gasteiger partial charge in [-0.15, -0.1) is 11.3 Å². The number of para-hydroxylation sites is 1. The maximum atomic E-state index is 12.4. The van der Waals surface area contributed by atoms with Gasteiger partial charge in [0.05, 0.1) is 6.54 Å². The maximum Gasteiger partial charge on any atom is 0.242 e. The van der Waals surface area contributed by atoms with E-state index in [4.69, 9.17) is 0 Å². The van der Waals surface area contributed by atoms with E-state index in [1.165, 1.54) is 22.6 Å². The first kappa shape index (κ1) is 17.5. The van der Waals surface area contributed by atoms with E-state index in [1.807, 2.05) is 22.5 Å². The summed E-state index contributed by atoms with van der Waals surface area (Å²) in [6.45, 7) is 3.37. The van der Waals surface area contributed by atoms with Crippen molar-refractivity contribution in [1.29, 1.82) is 0 Å². The van der Waals surface area contributed by atoms with E-state index in [9.17, 15) is 4.79 Å². The summed E-state index contributed by atoms with van der Waals surface area (Å²) < 4.78 is 0. The molecule has 0 radical (unpaired) electrons. The second kappa shape index (κ2) is 8.18. The number of pyridine rings is 1. The molecule has 1 aliphatic rings. The van der Waals surface area contributed by atoms with Crippen LogP contribution in [0, 0.1) is 0 Å². The van der Waals surface area contributed by atoms with Gasteiger partial charge in [0.25, 0.3) is 0 Å². The lowest BCUT2D eigenvalue weighted by Gasteiger charge is -2.37. The van der Waals surface area contributed by atoms with Crippen LogP contribution in [0.1, 0.15) is 0 Å². The molecule has 0 saturated carbocycles. The van der Waals surface area contributed by atoms with E-state index in [0.29, 0.717) is 6.54 Å². The van der Waals surface area contributed by atoms with Crippen LogP contribution in [0.4, 0.5) is 10.8 Å². The average Bonchev–Trinajstić information content (AvgIpc) is 3.26. The van der Waals surface area contributed by atoms with Gasteiger partial charge in [-0.25, -0.2) is 4.98 Å². The molecule has 0 atom stereocenters. The molecule has 138 valence electrons. The summed E-state index contributed by atoms with van der Waals surface area (Å²) in [5, 5.41) is 5.77. The van der Waals surface area contributed by atoms with Gasteiger partial charge in [0.1, 0.15) is 0 Å². The highest BCUT2D eigenvalue weighted by molar-refractivity contribution is 7.13. The topological polar surface area (TPSA) is 61.4 Å². The zero-order valence-corrected chi connectivity index (χ0v) is 15.7. The number of amides is 1. The largest absolute Gasteiger partial charge is 0.367 e. The first-order valence-corrected chi connectivity index (χ1v) is 9.85. The molecule has 1 aliphatic heterocycles. The van der Waals surface area contributed by atoms with Crippen LogP contribution in [0.15, 0.2) is 60.4 Å². The molecule has 0 unspecified atom stereocenters. The van der Waals surface area contributed by atoms with Gasteiger partial charge < -0.3 is 15.1 Å². The van der Waals surface area contributed by atoms with Gasteiger partial charge >= 0.3 is 0 Å². The summed E-state index contributed by atoms with van der Waals surface area (Å²) in [5.74, 6) is 0.116. The number of benzene rings is 1. The molecule has 4 rings (SSSR count). The van der Waals surface area contributed by atoms with E-state index in [2.05, 4.69) is 50.5 Å². The van der Waals surface area contributed by atoms with Crippen LogP contribution >= 0.6 is 11.3 Å². The lowest BCUT2D eigenvalue weighted by Crippen LogP contribution is -2.50. The third kappa shape index (κ3) is 4.09. The number of carbonyl (C=O) groups is 1. The minimum absolute atomic E-state index is 0.116. The number of thiazole rings is 1. The third-order valence-electron chi connectivity index (χ3n) is 4.67. The molecule has 0 spiro atoms. The fourth-order valence-electron chi connectivity index (χ4n) is 3.29. The van der Waals surface area contributed by atoms with Gasteiger partial charge in [-0.1, -0.05) is 24.3 Å². The van der Waals surface area contributed by atoms with E-state index in [1.54, 1.807) is 12.4 Å². The maximum absolute atomic E-state index is 12.4. The van der Waals surface area contributed by atoms with Gasteiger partial charge in [0.2, 0.25) is 5.91 Å². The number of hydrogen-bond donors (Lipinski definition) is 1. The summed E-state index contributed by atoms with van der Waals surface area (Å²) in [7, 11) is 0. The minimum atomic E-state index is 0.116. The predicted molar refractivity (Wildman–Crippen MR) is 109 cm³/mol. The van der Waals surface area contributed by atoms with Crippen molar-refractivity contribution in [1.82, 2.24) is 14.9 Å². The van der Waals surface area contributed by atoms with Crippen LogP contribution in [0.25, 0.3) is 11.1 Å². The molecule has 1 aromatic carbocycles. The van der Waals surface area contributed by atoms with Crippen LogP contribution in [0.2, 0.25) is 0 Å². The van der Waals surface area contributed by atoms with E-state index < -0.39 is 0 Å². The van der Waals surface area contributed by atoms with E-state index >= 15 is 0 Å². The number of anilines is 2. The molecule has 1 fully saturated rings. The van der Waals surface area contributed by atoms with Crippen molar-refractivity contribution in [3.63, 3.8) is 0 Å². The highest BCUT2D eigenvalue weighted by Crippen LogP contribution is 2.30. The molecule has 2 aromatic heterocycles. The number of carbonyl (C=O) groups excluding carboxylic acids is 1. The number of nitrogens with one attached hydrogen (secondary N) is 1. The molecule has 0 aliphatic carbocycles. The second-order valence-corrected chi connectivity index (χ2v) is 7.21. The van der Waals surface area contributed by atoms with E-state index in [0.717, 1.165) is 36.9 Å². The van der Waals surface area contributed by atoms with Crippen LogP contribution in [0.5, 0.6) is 0 Å². The Morgan fingerprint density at radius 1 is 1.07 bits per heavy atom. The van der Waals surface area contributed by atoms with Gasteiger partial charge in [0.15, 0.2) is 5.13 Å². The monoisotopic (exact) mass is 379 g/mol. The Balaban J connectivity index is 1.39. The van der Waals surface area contributed by atoms with Crippen LogP contribution in [-0.2, 0) is 4.79 Å². The smallest absolute Gasteiger partial charge is 0.242 e. The SMILES string of the molecule is O=C(CNc1nccs1)N1CCN(c2ccccc2-c2cccnc2)CC1. The average molecular weight is 379 g/mol. The molecule has 27 heavy (non-hydrogen) atoms. The normalized spacial score (nSPS) is 14.2. The molecular weight excluding hydrogens is 358 g/mol. The van der Waals surface area contributed by atoms with Crippen molar-refractivity contribution in [2.24, 2.45) is 0 Å². The van der Waals surface area contributed by atoms with Crippen molar-refractivity contribution < 1.29 is 4.79 Å². The number of nitrogens with zero attached hydrogens (tertiary/aromatic N) is 4. The molecule has 1 amide bonds. The van der Waals surface area contributed by atoms with Gasteiger partial charge in [0, 0.05) is 67.0 Å². The molecular formula is C20H21N5OS. The van der Waals surface area contributed by atoms with Crippen molar-refractivity contribution in [2.75, 3.05) is 42.9 Å². The van der Waals surface area contributed by atoms with Crippen molar-refractivity contribution in [3.05, 3.63) is 60.4 Å². The van der Waals surface area contributed by atoms with E-state index in [-0.39, 0.29) is 5.91 Å². The fraction of sp³-hybridized carbons (Fsp3) is 0.250. The van der Waals surface area contributed by atoms with Gasteiger partial charge in [-0.05, 0) is 12.1 Å². The zero-order chi connectivity index (χ0) is 18.5. The van der Waals surface area contributed by atoms with Crippen LogP contribution in [-0.4, -0.2) is 53.5 Å². The highest BCUT2D eigenvalue weighted by Gasteiger charge is 2.22. The number of rotatable bonds is 5. The van der Waals surface area contributed by atoms with Crippen molar-refractivity contribution in [3.8, 4) is 11.1 Å². The van der Waals surface area contributed by atoms with Gasteiger partial charge in [-0.3, -0.25) is 9.78 Å². The molecule has 6 nitrogen and oxygen atoms in total. The Morgan fingerprint density at radius 2 is 1.93 bits per heavy atom. The quantitative estimate of drug-likeness (QED) is 0.738. The molecule has 7 heteroatoms. The van der Waals surface area contributed by atoms with Crippen LogP contribution < -0.4 is 10.2 Å². The van der Waals surface area contributed by atoms with Gasteiger partial charge in [-0.2, -0.15) is 0 Å². The van der Waals surface area contributed by atoms with Crippen molar-refractivity contribution in [2.45, 2.75) is 0 Å². The number of aromatic nitrogens is 2. The second-order valence-electron chi connectivity index (χ2n) is 6.32. The molecule has 3 heterocycles. The molecule has 3 aromatic rings. The Hall–Kier alpha value is -2.93. The summed E-state index contributed by atoms with van der Waals surface area (Å²) in [6, 6.07) is 12.4.